The number of imide groups is 1. The molecule has 2 atom stereocenters. The van der Waals surface area contributed by atoms with Gasteiger partial charge in [0.15, 0.2) is 0 Å². The SMILES string of the molecule is CNC(=O)NC(=O)C(C)N1CC(CO)OC(C)(C)C1. The number of carbonyl (C=O) groups is 2. The molecule has 1 saturated heterocycles. The number of rotatable bonds is 3. The summed E-state index contributed by atoms with van der Waals surface area (Å²) in [5, 5.41) is 13.8. The van der Waals surface area contributed by atoms with Gasteiger partial charge >= 0.3 is 6.03 Å². The van der Waals surface area contributed by atoms with Crippen molar-refractivity contribution < 1.29 is 19.4 Å². The zero-order chi connectivity index (χ0) is 14.6. The molecule has 1 heterocycles. The quantitative estimate of drug-likeness (QED) is 0.633. The molecular weight excluding hydrogens is 250 g/mol. The Morgan fingerprint density at radius 2 is 2.16 bits per heavy atom. The number of ether oxygens (including phenoxy) is 1. The Balaban J connectivity index is 2.67. The van der Waals surface area contributed by atoms with Crippen molar-refractivity contribution in [2.75, 3.05) is 26.7 Å². The second-order valence-electron chi connectivity index (χ2n) is 5.36. The molecule has 1 aliphatic rings. The summed E-state index contributed by atoms with van der Waals surface area (Å²) in [7, 11) is 1.45. The van der Waals surface area contributed by atoms with Crippen LogP contribution in [0, 0.1) is 0 Å². The molecule has 0 aromatic carbocycles. The average molecular weight is 273 g/mol. The first-order chi connectivity index (χ1) is 8.79. The summed E-state index contributed by atoms with van der Waals surface area (Å²) in [4.78, 5) is 24.9. The van der Waals surface area contributed by atoms with Crippen LogP contribution in [-0.2, 0) is 9.53 Å². The first-order valence-electron chi connectivity index (χ1n) is 6.34. The Kier molecular flexibility index (Phi) is 5.28. The second kappa shape index (κ2) is 6.31. The fourth-order valence-electron chi connectivity index (χ4n) is 2.18. The third-order valence-corrected chi connectivity index (χ3v) is 3.10. The summed E-state index contributed by atoms with van der Waals surface area (Å²) in [5.74, 6) is -0.367. The molecule has 0 bridgehead atoms. The molecule has 0 saturated carbocycles. The van der Waals surface area contributed by atoms with Gasteiger partial charge in [-0.05, 0) is 20.8 Å². The van der Waals surface area contributed by atoms with Gasteiger partial charge in [-0.2, -0.15) is 0 Å². The van der Waals surface area contributed by atoms with E-state index in [1.807, 2.05) is 18.7 Å². The first-order valence-corrected chi connectivity index (χ1v) is 6.34. The third kappa shape index (κ3) is 4.45. The highest BCUT2D eigenvalue weighted by atomic mass is 16.5. The Hall–Kier alpha value is -1.18. The maximum Gasteiger partial charge on any atom is 0.321 e. The number of aliphatic hydroxyl groups is 1. The van der Waals surface area contributed by atoms with Crippen molar-refractivity contribution in [1.29, 1.82) is 0 Å². The lowest BCUT2D eigenvalue weighted by Crippen LogP contribution is -2.59. The highest BCUT2D eigenvalue weighted by molar-refractivity contribution is 5.96. The molecule has 3 N–H and O–H groups in total. The average Bonchev–Trinajstić information content (AvgIpc) is 2.35. The van der Waals surface area contributed by atoms with Crippen LogP contribution in [0.15, 0.2) is 0 Å². The van der Waals surface area contributed by atoms with E-state index in [0.717, 1.165) is 0 Å². The number of hydrogen-bond acceptors (Lipinski definition) is 5. The van der Waals surface area contributed by atoms with Gasteiger partial charge in [-0.1, -0.05) is 0 Å². The molecule has 19 heavy (non-hydrogen) atoms. The number of hydrogen-bond donors (Lipinski definition) is 3. The van der Waals surface area contributed by atoms with Gasteiger partial charge in [-0.25, -0.2) is 4.79 Å². The fraction of sp³-hybridized carbons (Fsp3) is 0.833. The fourth-order valence-corrected chi connectivity index (χ4v) is 2.18. The van der Waals surface area contributed by atoms with Gasteiger partial charge in [-0.15, -0.1) is 0 Å². The van der Waals surface area contributed by atoms with Crippen LogP contribution in [0.5, 0.6) is 0 Å². The van der Waals surface area contributed by atoms with E-state index in [9.17, 15) is 14.7 Å². The van der Waals surface area contributed by atoms with Gasteiger partial charge in [0.1, 0.15) is 0 Å². The van der Waals surface area contributed by atoms with Crippen LogP contribution in [0.4, 0.5) is 4.79 Å². The Morgan fingerprint density at radius 1 is 1.53 bits per heavy atom. The summed E-state index contributed by atoms with van der Waals surface area (Å²) < 4.78 is 5.68. The van der Waals surface area contributed by atoms with Crippen LogP contribution in [0.25, 0.3) is 0 Å². The molecule has 1 rings (SSSR count). The van der Waals surface area contributed by atoms with E-state index in [-0.39, 0.29) is 18.6 Å². The maximum atomic E-state index is 11.9. The van der Waals surface area contributed by atoms with Crippen LogP contribution in [0.3, 0.4) is 0 Å². The minimum absolute atomic E-state index is 0.0935. The lowest BCUT2D eigenvalue weighted by atomic mass is 10.0. The second-order valence-corrected chi connectivity index (χ2v) is 5.36. The van der Waals surface area contributed by atoms with Crippen LogP contribution >= 0.6 is 0 Å². The van der Waals surface area contributed by atoms with E-state index < -0.39 is 17.7 Å². The zero-order valence-electron chi connectivity index (χ0n) is 11.9. The van der Waals surface area contributed by atoms with Gasteiger partial charge in [-0.3, -0.25) is 15.0 Å². The summed E-state index contributed by atoms with van der Waals surface area (Å²) in [6, 6.07) is -0.988. The van der Waals surface area contributed by atoms with Gasteiger partial charge in [0.25, 0.3) is 0 Å². The number of nitrogens with one attached hydrogen (secondary N) is 2. The molecule has 1 aliphatic heterocycles. The smallest absolute Gasteiger partial charge is 0.321 e. The first kappa shape index (κ1) is 15.9. The van der Waals surface area contributed by atoms with Crippen molar-refractivity contribution in [1.82, 2.24) is 15.5 Å². The highest BCUT2D eigenvalue weighted by Gasteiger charge is 2.37. The summed E-state index contributed by atoms with van der Waals surface area (Å²) in [6.07, 6.45) is -0.320. The van der Waals surface area contributed by atoms with Gasteiger partial charge in [0.2, 0.25) is 5.91 Å². The van der Waals surface area contributed by atoms with Gasteiger partial charge < -0.3 is 15.2 Å². The molecule has 0 radical (unpaired) electrons. The topological polar surface area (TPSA) is 90.9 Å². The Morgan fingerprint density at radius 3 is 2.68 bits per heavy atom. The van der Waals surface area contributed by atoms with Crippen molar-refractivity contribution in [3.05, 3.63) is 0 Å². The normalized spacial score (nSPS) is 24.6. The van der Waals surface area contributed by atoms with Crippen molar-refractivity contribution in [2.45, 2.75) is 38.5 Å². The molecule has 1 fully saturated rings. The molecule has 7 heteroatoms. The van der Waals surface area contributed by atoms with E-state index in [1.54, 1.807) is 6.92 Å². The molecule has 0 aromatic heterocycles. The van der Waals surface area contributed by atoms with Crippen molar-refractivity contribution in [3.8, 4) is 0 Å². The zero-order valence-corrected chi connectivity index (χ0v) is 11.9. The van der Waals surface area contributed by atoms with Crippen LogP contribution in [-0.4, -0.2) is 66.4 Å². The molecule has 7 nitrogen and oxygen atoms in total. The molecule has 0 aliphatic carbocycles. The van der Waals surface area contributed by atoms with Crippen LogP contribution in [0.1, 0.15) is 20.8 Å². The summed E-state index contributed by atoms with van der Waals surface area (Å²) >= 11 is 0. The number of urea groups is 1. The molecular formula is C12H23N3O4. The highest BCUT2D eigenvalue weighted by Crippen LogP contribution is 2.22. The van der Waals surface area contributed by atoms with E-state index in [2.05, 4.69) is 10.6 Å². The predicted molar refractivity (Wildman–Crippen MR) is 69.7 cm³/mol. The number of nitrogens with zero attached hydrogens (tertiary/aromatic N) is 1. The molecule has 0 spiro atoms. The Labute approximate surface area is 113 Å². The number of carbonyl (C=O) groups excluding carboxylic acids is 2. The minimum Gasteiger partial charge on any atom is -0.394 e. The van der Waals surface area contributed by atoms with Crippen LogP contribution in [0.2, 0.25) is 0 Å². The predicted octanol–water partition coefficient (Wildman–Crippen LogP) is -0.698. The summed E-state index contributed by atoms with van der Waals surface area (Å²) in [6.45, 7) is 6.47. The number of amides is 3. The standard InChI is InChI=1S/C12H23N3O4/c1-8(10(17)14-11(18)13-4)15-5-9(6-16)19-12(2,3)7-15/h8-9,16H,5-7H2,1-4H3,(H2,13,14,17,18). The third-order valence-electron chi connectivity index (χ3n) is 3.10. The lowest BCUT2D eigenvalue weighted by molar-refractivity contribution is -0.160. The van der Waals surface area contributed by atoms with Crippen molar-refractivity contribution in [3.63, 3.8) is 0 Å². The van der Waals surface area contributed by atoms with Gasteiger partial charge in [0.05, 0.1) is 24.4 Å². The summed E-state index contributed by atoms with van der Waals surface area (Å²) in [5.41, 5.74) is -0.437. The molecule has 110 valence electrons. The molecule has 3 amide bonds. The largest absolute Gasteiger partial charge is 0.394 e. The Bertz CT molecular complexity index is 346. The van der Waals surface area contributed by atoms with Crippen molar-refractivity contribution >= 4 is 11.9 Å². The van der Waals surface area contributed by atoms with E-state index in [4.69, 9.17) is 4.74 Å². The minimum atomic E-state index is -0.525. The van der Waals surface area contributed by atoms with Crippen molar-refractivity contribution in [2.24, 2.45) is 0 Å². The number of aliphatic hydroxyl groups excluding tert-OH is 1. The maximum absolute atomic E-state index is 11.9. The van der Waals surface area contributed by atoms with Crippen LogP contribution < -0.4 is 10.6 Å². The van der Waals surface area contributed by atoms with E-state index in [0.29, 0.717) is 13.1 Å². The number of morpholine rings is 1. The van der Waals surface area contributed by atoms with E-state index >= 15 is 0 Å². The van der Waals surface area contributed by atoms with Gasteiger partial charge in [0, 0.05) is 20.1 Å². The molecule has 0 aromatic rings. The molecule has 2 unspecified atom stereocenters. The lowest BCUT2D eigenvalue weighted by Gasteiger charge is -2.44. The van der Waals surface area contributed by atoms with E-state index in [1.165, 1.54) is 7.05 Å². The monoisotopic (exact) mass is 273 g/mol.